The van der Waals surface area contributed by atoms with Crippen LogP contribution in [0.5, 0.6) is 0 Å². The van der Waals surface area contributed by atoms with Crippen LogP contribution in [0.1, 0.15) is 68.0 Å². The maximum absolute atomic E-state index is 12.4. The molecule has 2 fully saturated rings. The Morgan fingerprint density at radius 1 is 1.20 bits per heavy atom. The molecule has 1 aromatic carbocycles. The van der Waals surface area contributed by atoms with Gasteiger partial charge in [-0.1, -0.05) is 50.2 Å². The van der Waals surface area contributed by atoms with Crippen LogP contribution in [0.3, 0.4) is 0 Å². The van der Waals surface area contributed by atoms with E-state index in [1.54, 1.807) is 12.4 Å². The Balaban J connectivity index is 1.52. The molecular weight excluding hydrogens is 442 g/mol. The van der Waals surface area contributed by atoms with Crippen molar-refractivity contribution in [3.63, 3.8) is 0 Å². The van der Waals surface area contributed by atoms with Crippen LogP contribution in [0.15, 0.2) is 47.2 Å². The summed E-state index contributed by atoms with van der Waals surface area (Å²) >= 11 is 0. The number of hydrogen-bond acceptors (Lipinski definition) is 7. The lowest BCUT2D eigenvalue weighted by molar-refractivity contribution is -0.127. The lowest BCUT2D eigenvalue weighted by atomic mass is 9.62. The maximum Gasteiger partial charge on any atom is 0.230 e. The monoisotopic (exact) mass is 475 g/mol. The maximum atomic E-state index is 12.4. The van der Waals surface area contributed by atoms with Crippen molar-refractivity contribution in [3.05, 3.63) is 65.3 Å². The van der Waals surface area contributed by atoms with Gasteiger partial charge in [-0.2, -0.15) is 4.98 Å². The van der Waals surface area contributed by atoms with Crippen molar-refractivity contribution < 1.29 is 14.4 Å². The molecule has 2 aromatic heterocycles. The molecule has 8 heteroatoms. The van der Waals surface area contributed by atoms with Crippen LogP contribution in [0.2, 0.25) is 0 Å². The summed E-state index contributed by atoms with van der Waals surface area (Å²) in [4.78, 5) is 23.0. The minimum absolute atomic E-state index is 0.00285. The van der Waals surface area contributed by atoms with Gasteiger partial charge in [0.2, 0.25) is 17.6 Å². The Hall–Kier alpha value is -3.10. The minimum atomic E-state index is -1.24. The fraction of sp³-hybridized carbons (Fsp3) is 0.481. The van der Waals surface area contributed by atoms with Crippen LogP contribution in [-0.2, 0) is 10.4 Å². The summed E-state index contributed by atoms with van der Waals surface area (Å²) in [5.41, 5.74) is 1.82. The fourth-order valence-electron chi connectivity index (χ4n) is 5.62. The average Bonchev–Trinajstić information content (AvgIpc) is 3.33. The molecule has 1 unspecified atom stereocenters. The number of carbonyl (C=O) groups is 1. The molecule has 0 bridgehead atoms. The van der Waals surface area contributed by atoms with Crippen LogP contribution in [-0.4, -0.2) is 57.7 Å². The number of amides is 1. The van der Waals surface area contributed by atoms with Crippen molar-refractivity contribution in [2.45, 2.75) is 51.0 Å². The quantitative estimate of drug-likeness (QED) is 0.563. The Morgan fingerprint density at radius 2 is 1.94 bits per heavy atom. The number of benzene rings is 1. The van der Waals surface area contributed by atoms with Gasteiger partial charge in [0.15, 0.2) is 0 Å². The first-order valence-electron chi connectivity index (χ1n) is 12.3. The summed E-state index contributed by atoms with van der Waals surface area (Å²) < 4.78 is 5.53. The second-order valence-electron chi connectivity index (χ2n) is 10.7. The van der Waals surface area contributed by atoms with Crippen molar-refractivity contribution in [1.82, 2.24) is 25.3 Å². The zero-order chi connectivity index (χ0) is 24.8. The van der Waals surface area contributed by atoms with E-state index >= 15 is 0 Å². The number of rotatable bonds is 6. The van der Waals surface area contributed by atoms with Crippen molar-refractivity contribution in [1.29, 1.82) is 0 Å². The Bertz CT molecular complexity index is 1220. The fourth-order valence-corrected chi connectivity index (χ4v) is 5.62. The molecule has 35 heavy (non-hydrogen) atoms. The zero-order valence-corrected chi connectivity index (χ0v) is 20.8. The third-order valence-electron chi connectivity index (χ3n) is 7.56. The molecule has 2 aliphatic heterocycles. The summed E-state index contributed by atoms with van der Waals surface area (Å²) in [6.07, 6.45) is 4.53. The number of carbonyl (C=O) groups excluding carboxylic acids is 1. The first-order chi connectivity index (χ1) is 16.7. The van der Waals surface area contributed by atoms with E-state index in [1.807, 2.05) is 18.2 Å². The lowest BCUT2D eigenvalue weighted by Gasteiger charge is -2.55. The lowest BCUT2D eigenvalue weighted by Crippen LogP contribution is -2.63. The molecule has 0 radical (unpaired) electrons. The molecule has 2 saturated heterocycles. The summed E-state index contributed by atoms with van der Waals surface area (Å²) in [5, 5.41) is 19.4. The largest absolute Gasteiger partial charge is 0.380 e. The molecule has 0 spiro atoms. The Morgan fingerprint density at radius 3 is 2.60 bits per heavy atom. The molecule has 0 saturated carbocycles. The summed E-state index contributed by atoms with van der Waals surface area (Å²) in [6, 6.07) is 10.2. The second-order valence-corrected chi connectivity index (χ2v) is 10.7. The Labute approximate surface area is 205 Å². The van der Waals surface area contributed by atoms with E-state index in [4.69, 9.17) is 4.52 Å². The molecule has 184 valence electrons. The first-order valence-corrected chi connectivity index (χ1v) is 12.3. The molecular formula is C27H33N5O3. The average molecular weight is 476 g/mol. The van der Waals surface area contributed by atoms with Crippen LogP contribution < -0.4 is 5.32 Å². The Kier molecular flexibility index (Phi) is 5.97. The van der Waals surface area contributed by atoms with Crippen LogP contribution in [0.25, 0.3) is 11.4 Å². The van der Waals surface area contributed by atoms with Crippen LogP contribution in [0, 0.1) is 5.41 Å². The smallest absolute Gasteiger partial charge is 0.230 e. The van der Waals surface area contributed by atoms with Gasteiger partial charge in [-0.05, 0) is 36.6 Å². The number of likely N-dealkylation sites (tertiary alicyclic amines) is 1. The zero-order valence-electron chi connectivity index (χ0n) is 20.8. The van der Waals surface area contributed by atoms with Gasteiger partial charge in [0.25, 0.3) is 0 Å². The molecule has 3 aromatic rings. The van der Waals surface area contributed by atoms with Gasteiger partial charge in [-0.25, -0.2) is 0 Å². The highest BCUT2D eigenvalue weighted by Gasteiger charge is 2.55. The number of nitrogens with zero attached hydrogens (tertiary/aromatic N) is 4. The normalized spacial score (nSPS) is 21.9. The van der Waals surface area contributed by atoms with E-state index in [1.165, 1.54) is 5.56 Å². The molecule has 1 amide bonds. The molecule has 5 rings (SSSR count). The van der Waals surface area contributed by atoms with Crippen molar-refractivity contribution in [3.8, 4) is 11.4 Å². The number of nitrogens with one attached hydrogen (secondary N) is 1. The van der Waals surface area contributed by atoms with Gasteiger partial charge in [0.05, 0.1) is 0 Å². The summed E-state index contributed by atoms with van der Waals surface area (Å²) in [5.74, 6) is 1.20. The summed E-state index contributed by atoms with van der Waals surface area (Å²) in [7, 11) is 2.06. The number of aromatic nitrogens is 3. The van der Waals surface area contributed by atoms with Crippen molar-refractivity contribution in [2.24, 2.45) is 5.41 Å². The minimum Gasteiger partial charge on any atom is -0.380 e. The SMILES string of the molecule is CC(C)c1ccc([C@](O)(c2cncc(-c3noc(C4CCNC(=O)C4)n3)c2)C2(C)CN(C)C2)cc1. The summed E-state index contributed by atoms with van der Waals surface area (Å²) in [6.45, 7) is 8.57. The molecule has 4 heterocycles. The first kappa shape index (κ1) is 23.6. The van der Waals surface area contributed by atoms with E-state index in [0.717, 1.165) is 25.1 Å². The van der Waals surface area contributed by atoms with Crippen molar-refractivity contribution >= 4 is 5.91 Å². The van der Waals surface area contributed by atoms with E-state index < -0.39 is 5.60 Å². The highest BCUT2D eigenvalue weighted by atomic mass is 16.5. The number of hydrogen-bond donors (Lipinski definition) is 2. The van der Waals surface area contributed by atoms with E-state index in [-0.39, 0.29) is 17.2 Å². The highest BCUT2D eigenvalue weighted by Crippen LogP contribution is 2.50. The number of aliphatic hydroxyl groups is 1. The molecule has 2 aliphatic rings. The number of pyridine rings is 1. The molecule has 2 atom stereocenters. The van der Waals surface area contributed by atoms with Crippen LogP contribution in [0.4, 0.5) is 0 Å². The predicted octanol–water partition coefficient (Wildman–Crippen LogP) is 3.44. The number of piperidine rings is 1. The standard InChI is InChI=1S/C27H33N5O3/c1-17(2)18-5-7-21(8-6-18)27(34,26(3)15-32(4)16-26)22-11-20(13-28-14-22)24-30-25(35-31-24)19-9-10-29-23(33)12-19/h5-8,11,13-14,17,19,34H,9-10,12,15-16H2,1-4H3,(H,29,33)/t19?,27-/m0/s1. The van der Waals surface area contributed by atoms with E-state index in [0.29, 0.717) is 41.7 Å². The van der Waals surface area contributed by atoms with Crippen molar-refractivity contribution in [2.75, 3.05) is 26.7 Å². The van der Waals surface area contributed by atoms with Gasteiger partial charge >= 0.3 is 0 Å². The third kappa shape index (κ3) is 4.15. The van der Waals surface area contributed by atoms with Gasteiger partial charge < -0.3 is 19.8 Å². The van der Waals surface area contributed by atoms with E-state index in [9.17, 15) is 9.90 Å². The third-order valence-corrected chi connectivity index (χ3v) is 7.56. The van der Waals surface area contributed by atoms with Gasteiger partial charge in [-0.15, -0.1) is 0 Å². The molecule has 8 nitrogen and oxygen atoms in total. The predicted molar refractivity (Wildman–Crippen MR) is 132 cm³/mol. The van der Waals surface area contributed by atoms with Gasteiger partial charge in [0, 0.05) is 60.9 Å². The molecule has 0 aliphatic carbocycles. The van der Waals surface area contributed by atoms with Gasteiger partial charge in [0.1, 0.15) is 5.60 Å². The van der Waals surface area contributed by atoms with Crippen LogP contribution >= 0.6 is 0 Å². The van der Waals surface area contributed by atoms with Gasteiger partial charge in [-0.3, -0.25) is 9.78 Å². The topological polar surface area (TPSA) is 104 Å². The molecule has 2 N–H and O–H groups in total. The second kappa shape index (κ2) is 8.84. The van der Waals surface area contributed by atoms with E-state index in [2.05, 4.69) is 65.3 Å². The highest BCUT2D eigenvalue weighted by molar-refractivity contribution is 5.77.